The molecule has 0 saturated heterocycles. The van der Waals surface area contributed by atoms with E-state index < -0.39 is 11.6 Å². The topological polar surface area (TPSA) is 17.1 Å². The summed E-state index contributed by atoms with van der Waals surface area (Å²) in [4.78, 5) is 13.5. The Hall–Kier alpha value is -3.01. The van der Waals surface area contributed by atoms with E-state index in [0.717, 1.165) is 0 Å². The van der Waals surface area contributed by atoms with Crippen LogP contribution in [0.3, 0.4) is 0 Å². The number of carbonyl (C=O) groups is 1. The smallest absolute Gasteiger partial charge is 0.194 e. The van der Waals surface area contributed by atoms with Crippen molar-refractivity contribution in [3.05, 3.63) is 118 Å². The van der Waals surface area contributed by atoms with E-state index in [1.165, 1.54) is 36.4 Å². The number of hydrogen-bond donors (Lipinski definition) is 0. The first-order chi connectivity index (χ1) is 14.4. The normalized spacial score (nSPS) is 10.8. The summed E-state index contributed by atoms with van der Waals surface area (Å²) in [6.07, 6.45) is 0. The van der Waals surface area contributed by atoms with Gasteiger partial charge in [0.15, 0.2) is 5.78 Å². The lowest BCUT2D eigenvalue weighted by atomic mass is 9.90. The fourth-order valence-corrected chi connectivity index (χ4v) is 3.56. The first-order valence-electron chi connectivity index (χ1n) is 9.08. The van der Waals surface area contributed by atoms with Gasteiger partial charge >= 0.3 is 0 Å². The number of rotatable bonds is 4. The van der Waals surface area contributed by atoms with E-state index in [1.54, 1.807) is 48.5 Å². The molecule has 0 saturated carbocycles. The van der Waals surface area contributed by atoms with Crippen molar-refractivity contribution >= 4 is 29.0 Å². The quantitative estimate of drug-likeness (QED) is 0.296. The molecule has 0 fully saturated rings. The van der Waals surface area contributed by atoms with Gasteiger partial charge in [-0.3, -0.25) is 4.79 Å². The molecular formula is C25H14Cl2F2O. The highest BCUT2D eigenvalue weighted by Gasteiger charge is 2.20. The largest absolute Gasteiger partial charge is 0.289 e. The molecule has 4 rings (SSSR count). The van der Waals surface area contributed by atoms with Crippen LogP contribution in [0.15, 0.2) is 84.9 Å². The Balaban J connectivity index is 1.87. The molecule has 0 aliphatic heterocycles. The highest BCUT2D eigenvalue weighted by Crippen LogP contribution is 2.32. The molecule has 1 nitrogen and oxygen atoms in total. The van der Waals surface area contributed by atoms with Crippen LogP contribution in [-0.4, -0.2) is 5.78 Å². The van der Waals surface area contributed by atoms with Crippen molar-refractivity contribution in [2.75, 3.05) is 0 Å². The van der Waals surface area contributed by atoms with Gasteiger partial charge in [0.25, 0.3) is 0 Å². The SMILES string of the molecule is O=C(c1ccc(F)cc1-c1ccc(Cl)cc1)c1ccc(F)cc1-c1ccc(Cl)cc1. The number of hydrogen-bond acceptors (Lipinski definition) is 1. The Morgan fingerprint density at radius 2 is 0.933 bits per heavy atom. The summed E-state index contributed by atoms with van der Waals surface area (Å²) < 4.78 is 28.0. The lowest BCUT2D eigenvalue weighted by Gasteiger charge is -2.13. The summed E-state index contributed by atoms with van der Waals surface area (Å²) in [6, 6.07) is 21.5. The first-order valence-corrected chi connectivity index (χ1v) is 9.83. The highest BCUT2D eigenvalue weighted by molar-refractivity contribution is 6.31. The molecule has 0 bridgehead atoms. The van der Waals surface area contributed by atoms with Crippen molar-refractivity contribution in [2.24, 2.45) is 0 Å². The Kier molecular flexibility index (Phi) is 5.67. The second-order valence-electron chi connectivity index (χ2n) is 6.72. The van der Waals surface area contributed by atoms with Crippen molar-refractivity contribution in [3.63, 3.8) is 0 Å². The number of benzene rings is 4. The Bertz CT molecular complexity index is 1140. The van der Waals surface area contributed by atoms with E-state index in [-0.39, 0.29) is 5.78 Å². The van der Waals surface area contributed by atoms with Gasteiger partial charge in [-0.15, -0.1) is 0 Å². The van der Waals surface area contributed by atoms with Crippen LogP contribution in [0.2, 0.25) is 10.0 Å². The molecule has 4 aromatic carbocycles. The Morgan fingerprint density at radius 1 is 0.567 bits per heavy atom. The maximum atomic E-state index is 14.0. The van der Waals surface area contributed by atoms with Gasteiger partial charge in [0.2, 0.25) is 0 Å². The van der Waals surface area contributed by atoms with Crippen molar-refractivity contribution in [2.45, 2.75) is 0 Å². The minimum atomic E-state index is -0.464. The van der Waals surface area contributed by atoms with Gasteiger partial charge < -0.3 is 0 Å². The van der Waals surface area contributed by atoms with Crippen LogP contribution in [-0.2, 0) is 0 Å². The average Bonchev–Trinajstić information content (AvgIpc) is 2.74. The zero-order valence-electron chi connectivity index (χ0n) is 15.5. The van der Waals surface area contributed by atoms with Gasteiger partial charge in [0, 0.05) is 21.2 Å². The van der Waals surface area contributed by atoms with Gasteiger partial charge in [0.1, 0.15) is 11.6 Å². The Labute approximate surface area is 182 Å². The van der Waals surface area contributed by atoms with Crippen LogP contribution in [0, 0.1) is 11.6 Å². The monoisotopic (exact) mass is 438 g/mol. The minimum absolute atomic E-state index is 0.306. The first kappa shape index (κ1) is 20.3. The minimum Gasteiger partial charge on any atom is -0.289 e. The van der Waals surface area contributed by atoms with E-state index in [9.17, 15) is 13.6 Å². The van der Waals surface area contributed by atoms with Crippen LogP contribution in [0.5, 0.6) is 0 Å². The van der Waals surface area contributed by atoms with Crippen LogP contribution in [0.1, 0.15) is 15.9 Å². The van der Waals surface area contributed by atoms with Gasteiger partial charge in [-0.25, -0.2) is 8.78 Å². The third-order valence-electron chi connectivity index (χ3n) is 4.76. The van der Waals surface area contributed by atoms with Crippen LogP contribution >= 0.6 is 23.2 Å². The maximum Gasteiger partial charge on any atom is 0.194 e. The van der Waals surface area contributed by atoms with E-state index in [4.69, 9.17) is 23.2 Å². The summed E-state index contributed by atoms with van der Waals surface area (Å²) in [7, 11) is 0. The molecule has 0 amide bonds. The van der Waals surface area contributed by atoms with Crippen LogP contribution in [0.25, 0.3) is 22.3 Å². The summed E-state index contributed by atoms with van der Waals surface area (Å²) in [5, 5.41) is 1.07. The third-order valence-corrected chi connectivity index (χ3v) is 5.27. The van der Waals surface area contributed by atoms with Gasteiger partial charge in [-0.05, 0) is 82.9 Å². The molecule has 30 heavy (non-hydrogen) atoms. The number of ketones is 1. The maximum absolute atomic E-state index is 14.0. The van der Waals surface area contributed by atoms with Gasteiger partial charge in [0.05, 0.1) is 0 Å². The lowest BCUT2D eigenvalue weighted by molar-refractivity contribution is 0.104. The molecule has 0 unspecified atom stereocenters. The molecule has 0 aliphatic rings. The molecule has 0 aromatic heterocycles. The average molecular weight is 439 g/mol. The summed E-state index contributed by atoms with van der Waals surface area (Å²) in [5.74, 6) is -1.27. The van der Waals surface area contributed by atoms with E-state index >= 15 is 0 Å². The third kappa shape index (κ3) is 4.13. The van der Waals surface area contributed by atoms with Gasteiger partial charge in [-0.1, -0.05) is 47.5 Å². The van der Waals surface area contributed by atoms with Crippen molar-refractivity contribution in [3.8, 4) is 22.3 Å². The van der Waals surface area contributed by atoms with Crippen LogP contribution in [0.4, 0.5) is 8.78 Å². The molecule has 0 N–H and O–H groups in total. The fourth-order valence-electron chi connectivity index (χ4n) is 3.31. The second kappa shape index (κ2) is 8.39. The predicted octanol–water partition coefficient (Wildman–Crippen LogP) is 7.84. The Morgan fingerprint density at radius 3 is 1.30 bits per heavy atom. The second-order valence-corrected chi connectivity index (χ2v) is 7.60. The van der Waals surface area contributed by atoms with E-state index in [1.807, 2.05) is 0 Å². The molecule has 0 spiro atoms. The molecule has 0 radical (unpaired) electrons. The molecule has 148 valence electrons. The standard InChI is InChI=1S/C25H14Cl2F2O/c26-17-5-1-15(2-6-17)23-13-19(28)9-11-21(23)25(30)22-12-10-20(29)14-24(22)16-3-7-18(27)8-4-16/h1-14H. The predicted molar refractivity (Wildman–Crippen MR) is 117 cm³/mol. The zero-order chi connectivity index (χ0) is 21.3. The van der Waals surface area contributed by atoms with Gasteiger partial charge in [-0.2, -0.15) is 0 Å². The summed E-state index contributed by atoms with van der Waals surface area (Å²) >= 11 is 11.9. The molecule has 5 heteroatoms. The van der Waals surface area contributed by atoms with Crippen molar-refractivity contribution in [1.82, 2.24) is 0 Å². The molecule has 0 atom stereocenters. The highest BCUT2D eigenvalue weighted by atomic mass is 35.5. The van der Waals surface area contributed by atoms with E-state index in [0.29, 0.717) is 43.4 Å². The van der Waals surface area contributed by atoms with E-state index in [2.05, 4.69) is 0 Å². The lowest BCUT2D eigenvalue weighted by Crippen LogP contribution is -2.06. The fraction of sp³-hybridized carbons (Fsp3) is 0. The van der Waals surface area contributed by atoms with Crippen molar-refractivity contribution < 1.29 is 13.6 Å². The molecule has 0 aliphatic carbocycles. The zero-order valence-corrected chi connectivity index (χ0v) is 17.0. The molecule has 4 aromatic rings. The molecular weight excluding hydrogens is 425 g/mol. The summed E-state index contributed by atoms with van der Waals surface area (Å²) in [5.41, 5.74) is 2.78. The number of halogens is 4. The molecule has 0 heterocycles. The van der Waals surface area contributed by atoms with Crippen molar-refractivity contribution in [1.29, 1.82) is 0 Å². The van der Waals surface area contributed by atoms with Crippen LogP contribution < -0.4 is 0 Å². The summed E-state index contributed by atoms with van der Waals surface area (Å²) in [6.45, 7) is 0. The number of carbonyl (C=O) groups excluding carboxylic acids is 1.